The van der Waals surface area contributed by atoms with Gasteiger partial charge in [0.05, 0.1) is 16.6 Å². The molecule has 0 fully saturated rings. The third kappa shape index (κ3) is 2.28. The Morgan fingerprint density at radius 3 is 2.36 bits per heavy atom. The third-order valence-corrected chi connectivity index (χ3v) is 3.25. The van der Waals surface area contributed by atoms with Gasteiger partial charge < -0.3 is 5.11 Å². The van der Waals surface area contributed by atoms with Crippen LogP contribution >= 0.6 is 0 Å². The number of benzene rings is 2. The largest absolute Gasteiger partial charge is 0.478 e. The molecule has 0 aliphatic heterocycles. The fraction of sp³-hybridized carbons (Fsp3) is 0. The van der Waals surface area contributed by atoms with Crippen LogP contribution in [0.3, 0.4) is 0 Å². The van der Waals surface area contributed by atoms with Crippen LogP contribution in [0.1, 0.15) is 10.4 Å². The summed E-state index contributed by atoms with van der Waals surface area (Å²) in [6.45, 7) is 0. The van der Waals surface area contributed by atoms with E-state index < -0.39 is 29.0 Å². The Bertz CT molecular complexity index is 886. The van der Waals surface area contributed by atoms with E-state index in [0.717, 1.165) is 6.20 Å². The standard InChI is InChI=1S/C16H8F3NO2/c17-9-5-12(18)15(13(19)6-9)10-2-1-3-14-11(10)4-8(7-20-14)16(21)22/h1-7H,(H,21,22). The molecule has 0 aliphatic carbocycles. The van der Waals surface area contributed by atoms with Crippen LogP contribution in [0.4, 0.5) is 13.2 Å². The van der Waals surface area contributed by atoms with E-state index in [0.29, 0.717) is 17.6 Å². The van der Waals surface area contributed by atoms with Crippen LogP contribution in [-0.2, 0) is 0 Å². The van der Waals surface area contributed by atoms with Gasteiger partial charge in [-0.05, 0) is 17.7 Å². The predicted octanol–water partition coefficient (Wildman–Crippen LogP) is 4.02. The molecule has 0 spiro atoms. The van der Waals surface area contributed by atoms with Gasteiger partial charge in [0.2, 0.25) is 0 Å². The van der Waals surface area contributed by atoms with E-state index in [1.807, 2.05) is 0 Å². The summed E-state index contributed by atoms with van der Waals surface area (Å²) in [7, 11) is 0. The fourth-order valence-corrected chi connectivity index (χ4v) is 2.28. The van der Waals surface area contributed by atoms with Crippen molar-refractivity contribution in [2.24, 2.45) is 0 Å². The lowest BCUT2D eigenvalue weighted by molar-refractivity contribution is 0.0696. The normalized spacial score (nSPS) is 10.9. The number of carboxylic acid groups (broad SMARTS) is 1. The molecule has 6 heteroatoms. The SMILES string of the molecule is O=C(O)c1cnc2cccc(-c3c(F)cc(F)cc3F)c2c1. The Hall–Kier alpha value is -2.89. The molecule has 2 aromatic carbocycles. The first-order chi connectivity index (χ1) is 10.5. The zero-order valence-electron chi connectivity index (χ0n) is 11.0. The van der Waals surface area contributed by atoms with Gasteiger partial charge >= 0.3 is 5.97 Å². The van der Waals surface area contributed by atoms with E-state index in [9.17, 15) is 18.0 Å². The first-order valence-corrected chi connectivity index (χ1v) is 6.24. The highest BCUT2D eigenvalue weighted by Crippen LogP contribution is 2.32. The monoisotopic (exact) mass is 303 g/mol. The Kier molecular flexibility index (Phi) is 3.29. The summed E-state index contributed by atoms with van der Waals surface area (Å²) in [5, 5.41) is 9.28. The molecule has 0 unspecified atom stereocenters. The second kappa shape index (κ2) is 5.14. The topological polar surface area (TPSA) is 50.2 Å². The van der Waals surface area contributed by atoms with Gasteiger partial charge in [0.1, 0.15) is 17.5 Å². The number of fused-ring (bicyclic) bond motifs is 1. The molecule has 0 atom stereocenters. The molecule has 0 saturated carbocycles. The summed E-state index contributed by atoms with van der Waals surface area (Å²) in [6.07, 6.45) is 1.16. The average molecular weight is 303 g/mol. The number of carbonyl (C=O) groups is 1. The molecule has 3 nitrogen and oxygen atoms in total. The number of rotatable bonds is 2. The van der Waals surface area contributed by atoms with Gasteiger partial charge in [0.25, 0.3) is 0 Å². The number of pyridine rings is 1. The van der Waals surface area contributed by atoms with E-state index in [-0.39, 0.29) is 16.5 Å². The van der Waals surface area contributed by atoms with Gasteiger partial charge in [0, 0.05) is 23.7 Å². The van der Waals surface area contributed by atoms with Gasteiger partial charge in [0.15, 0.2) is 0 Å². The summed E-state index contributed by atoms with van der Waals surface area (Å²) in [5.41, 5.74) is -0.0343. The van der Waals surface area contributed by atoms with Crippen molar-refractivity contribution in [2.45, 2.75) is 0 Å². The van der Waals surface area contributed by atoms with E-state index >= 15 is 0 Å². The van der Waals surface area contributed by atoms with Gasteiger partial charge in [-0.25, -0.2) is 18.0 Å². The van der Waals surface area contributed by atoms with Crippen molar-refractivity contribution in [1.29, 1.82) is 0 Å². The highest BCUT2D eigenvalue weighted by atomic mass is 19.1. The van der Waals surface area contributed by atoms with Crippen LogP contribution in [0.25, 0.3) is 22.0 Å². The molecule has 0 radical (unpaired) electrons. The number of hydrogen-bond acceptors (Lipinski definition) is 2. The van der Waals surface area contributed by atoms with Crippen molar-refractivity contribution >= 4 is 16.9 Å². The van der Waals surface area contributed by atoms with Crippen molar-refractivity contribution in [1.82, 2.24) is 4.98 Å². The van der Waals surface area contributed by atoms with Crippen molar-refractivity contribution < 1.29 is 23.1 Å². The smallest absolute Gasteiger partial charge is 0.337 e. The summed E-state index contributed by atoms with van der Waals surface area (Å²) in [4.78, 5) is 15.0. The van der Waals surface area contributed by atoms with Crippen LogP contribution in [0.15, 0.2) is 42.6 Å². The van der Waals surface area contributed by atoms with Gasteiger partial charge in [-0.15, -0.1) is 0 Å². The molecule has 3 aromatic rings. The average Bonchev–Trinajstić information content (AvgIpc) is 2.45. The van der Waals surface area contributed by atoms with Gasteiger partial charge in [-0.3, -0.25) is 4.98 Å². The number of carboxylic acids is 1. The lowest BCUT2D eigenvalue weighted by atomic mass is 9.98. The van der Waals surface area contributed by atoms with E-state index in [2.05, 4.69) is 4.98 Å². The molecule has 110 valence electrons. The van der Waals surface area contributed by atoms with Gasteiger partial charge in [-0.1, -0.05) is 12.1 Å². The Morgan fingerprint density at radius 1 is 1.05 bits per heavy atom. The van der Waals surface area contributed by atoms with Crippen LogP contribution in [0, 0.1) is 17.5 Å². The second-order valence-corrected chi connectivity index (χ2v) is 4.65. The minimum atomic E-state index is -1.20. The Labute approximate surface area is 122 Å². The second-order valence-electron chi connectivity index (χ2n) is 4.65. The van der Waals surface area contributed by atoms with Crippen molar-refractivity contribution in [3.63, 3.8) is 0 Å². The zero-order valence-corrected chi connectivity index (χ0v) is 11.0. The lowest BCUT2D eigenvalue weighted by Gasteiger charge is -2.09. The summed E-state index contributed by atoms with van der Waals surface area (Å²) < 4.78 is 41.0. The number of aromatic nitrogens is 1. The Balaban J connectivity index is 2.36. The zero-order chi connectivity index (χ0) is 15.9. The molecule has 1 N–H and O–H groups in total. The van der Waals surface area contributed by atoms with Crippen LogP contribution in [-0.4, -0.2) is 16.1 Å². The van der Waals surface area contributed by atoms with Crippen molar-refractivity contribution in [2.75, 3.05) is 0 Å². The quantitative estimate of drug-likeness (QED) is 0.778. The van der Waals surface area contributed by atoms with Crippen LogP contribution in [0.5, 0.6) is 0 Å². The maximum absolute atomic E-state index is 14.0. The lowest BCUT2D eigenvalue weighted by Crippen LogP contribution is -1.99. The van der Waals surface area contributed by atoms with E-state index in [1.54, 1.807) is 6.07 Å². The number of hydrogen-bond donors (Lipinski definition) is 1. The molecule has 3 rings (SSSR count). The molecule has 0 amide bonds. The van der Waals surface area contributed by atoms with Crippen molar-refractivity contribution in [3.05, 3.63) is 65.6 Å². The molecule has 0 bridgehead atoms. The first-order valence-electron chi connectivity index (χ1n) is 6.24. The highest BCUT2D eigenvalue weighted by Gasteiger charge is 2.17. The highest BCUT2D eigenvalue weighted by molar-refractivity contribution is 5.99. The molecule has 1 aromatic heterocycles. The fourth-order valence-electron chi connectivity index (χ4n) is 2.28. The molecule has 22 heavy (non-hydrogen) atoms. The van der Waals surface area contributed by atoms with Crippen molar-refractivity contribution in [3.8, 4) is 11.1 Å². The molecular weight excluding hydrogens is 295 g/mol. The number of nitrogens with zero attached hydrogens (tertiary/aromatic N) is 1. The van der Waals surface area contributed by atoms with Crippen LogP contribution in [0.2, 0.25) is 0 Å². The molecule has 1 heterocycles. The van der Waals surface area contributed by atoms with Crippen LogP contribution < -0.4 is 0 Å². The summed E-state index contributed by atoms with van der Waals surface area (Å²) in [5.74, 6) is -4.36. The van der Waals surface area contributed by atoms with E-state index in [4.69, 9.17) is 5.11 Å². The minimum Gasteiger partial charge on any atom is -0.478 e. The molecular formula is C16H8F3NO2. The Morgan fingerprint density at radius 2 is 1.73 bits per heavy atom. The van der Waals surface area contributed by atoms with Gasteiger partial charge in [-0.2, -0.15) is 0 Å². The maximum Gasteiger partial charge on any atom is 0.337 e. The summed E-state index contributed by atoms with van der Waals surface area (Å²) in [6, 6.07) is 6.98. The predicted molar refractivity (Wildman–Crippen MR) is 74.0 cm³/mol. The number of halogens is 3. The molecule has 0 aliphatic rings. The third-order valence-electron chi connectivity index (χ3n) is 3.25. The minimum absolute atomic E-state index is 0.108. The molecule has 0 saturated heterocycles. The summed E-state index contributed by atoms with van der Waals surface area (Å²) >= 11 is 0. The van der Waals surface area contributed by atoms with E-state index in [1.165, 1.54) is 18.2 Å². The maximum atomic E-state index is 14.0. The first kappa shape index (κ1) is 14.1. The number of aromatic carboxylic acids is 1.